The average molecular weight is 305 g/mol. The quantitative estimate of drug-likeness (QED) is 0.785. The second-order valence-electron chi connectivity index (χ2n) is 4.70. The van der Waals surface area contributed by atoms with Gasteiger partial charge in [-0.25, -0.2) is 8.78 Å². The van der Waals surface area contributed by atoms with Gasteiger partial charge in [0.25, 0.3) is 0 Å². The lowest BCUT2D eigenvalue weighted by Gasteiger charge is -2.12. The molecule has 5 heteroatoms. The molecular weight excluding hydrogens is 292 g/mol. The molecule has 0 aliphatic rings. The Kier molecular flexibility index (Phi) is 3.61. The Hall–Kier alpha value is -1.98. The molecule has 3 rings (SSSR count). The van der Waals surface area contributed by atoms with E-state index in [4.69, 9.17) is 10.5 Å². The number of halogens is 2. The van der Waals surface area contributed by atoms with Gasteiger partial charge in [-0.2, -0.15) is 0 Å². The molecule has 0 spiro atoms. The molecule has 0 amide bonds. The van der Waals surface area contributed by atoms with E-state index >= 15 is 0 Å². The summed E-state index contributed by atoms with van der Waals surface area (Å²) in [5.41, 5.74) is 6.54. The van der Waals surface area contributed by atoms with Crippen molar-refractivity contribution in [3.05, 3.63) is 64.5 Å². The lowest BCUT2D eigenvalue weighted by molar-refractivity contribution is 0.410. The van der Waals surface area contributed by atoms with Crippen LogP contribution in [-0.2, 0) is 0 Å². The fourth-order valence-electron chi connectivity index (χ4n) is 2.23. The first-order chi connectivity index (χ1) is 10.1. The molecule has 1 heterocycles. The summed E-state index contributed by atoms with van der Waals surface area (Å²) in [4.78, 5) is 0.791. The van der Waals surface area contributed by atoms with E-state index in [2.05, 4.69) is 0 Å². The number of thiophene rings is 1. The molecule has 1 atom stereocenters. The highest BCUT2D eigenvalue weighted by Crippen LogP contribution is 2.33. The van der Waals surface area contributed by atoms with E-state index in [-0.39, 0.29) is 5.82 Å². The first-order valence-corrected chi connectivity index (χ1v) is 7.18. The van der Waals surface area contributed by atoms with Crippen LogP contribution in [0.5, 0.6) is 5.75 Å². The van der Waals surface area contributed by atoms with Crippen molar-refractivity contribution in [2.24, 2.45) is 5.73 Å². The molecule has 0 aliphatic carbocycles. The number of ether oxygens (including phenoxy) is 1. The summed E-state index contributed by atoms with van der Waals surface area (Å²) in [6, 6.07) is 10.4. The van der Waals surface area contributed by atoms with Gasteiger partial charge in [0.2, 0.25) is 0 Å². The molecule has 0 saturated heterocycles. The molecule has 0 bridgehead atoms. The zero-order chi connectivity index (χ0) is 15.0. The Labute approximate surface area is 124 Å². The number of benzene rings is 2. The van der Waals surface area contributed by atoms with Crippen molar-refractivity contribution in [1.29, 1.82) is 0 Å². The Morgan fingerprint density at radius 1 is 1.10 bits per heavy atom. The number of hydrogen-bond acceptors (Lipinski definition) is 3. The van der Waals surface area contributed by atoms with Crippen molar-refractivity contribution in [1.82, 2.24) is 0 Å². The van der Waals surface area contributed by atoms with Crippen LogP contribution in [0.25, 0.3) is 10.1 Å². The van der Waals surface area contributed by atoms with Gasteiger partial charge in [-0.15, -0.1) is 11.3 Å². The predicted molar refractivity (Wildman–Crippen MR) is 80.8 cm³/mol. The number of rotatable bonds is 3. The molecule has 0 radical (unpaired) electrons. The Bertz CT molecular complexity index is 800. The topological polar surface area (TPSA) is 35.2 Å². The summed E-state index contributed by atoms with van der Waals surface area (Å²) >= 11 is 1.44. The van der Waals surface area contributed by atoms with Crippen molar-refractivity contribution in [2.75, 3.05) is 7.11 Å². The largest absolute Gasteiger partial charge is 0.497 e. The maximum absolute atomic E-state index is 14.1. The summed E-state index contributed by atoms with van der Waals surface area (Å²) in [5, 5.41) is 0.777. The predicted octanol–water partition coefficient (Wildman–Crippen LogP) is 4.24. The summed E-state index contributed by atoms with van der Waals surface area (Å²) < 4.78 is 33.2. The normalized spacial score (nSPS) is 12.6. The van der Waals surface area contributed by atoms with Gasteiger partial charge in [-0.3, -0.25) is 0 Å². The van der Waals surface area contributed by atoms with Crippen LogP contribution in [0.15, 0.2) is 42.5 Å². The van der Waals surface area contributed by atoms with E-state index in [1.54, 1.807) is 24.3 Å². The van der Waals surface area contributed by atoms with E-state index in [0.29, 0.717) is 11.3 Å². The third kappa shape index (κ3) is 2.62. The summed E-state index contributed by atoms with van der Waals surface area (Å²) in [5.74, 6) is -0.261. The van der Waals surface area contributed by atoms with Crippen LogP contribution >= 0.6 is 11.3 Å². The van der Waals surface area contributed by atoms with Crippen LogP contribution in [0.3, 0.4) is 0 Å². The fraction of sp³-hybridized carbons (Fsp3) is 0.125. The summed E-state index contributed by atoms with van der Waals surface area (Å²) in [6.45, 7) is 0. The molecule has 1 aromatic heterocycles. The monoisotopic (exact) mass is 305 g/mol. The van der Waals surface area contributed by atoms with Crippen LogP contribution in [-0.4, -0.2) is 7.11 Å². The zero-order valence-corrected chi connectivity index (χ0v) is 12.1. The van der Waals surface area contributed by atoms with Crippen molar-refractivity contribution in [2.45, 2.75) is 6.04 Å². The third-order valence-electron chi connectivity index (χ3n) is 3.35. The second-order valence-corrected chi connectivity index (χ2v) is 5.81. The Morgan fingerprint density at radius 3 is 2.62 bits per heavy atom. The van der Waals surface area contributed by atoms with Gasteiger partial charge in [0.15, 0.2) is 0 Å². The van der Waals surface area contributed by atoms with Gasteiger partial charge in [0.1, 0.15) is 17.4 Å². The number of methoxy groups -OCH3 is 1. The molecule has 21 heavy (non-hydrogen) atoms. The number of fused-ring (bicyclic) bond motifs is 1. The minimum Gasteiger partial charge on any atom is -0.497 e. The van der Waals surface area contributed by atoms with E-state index in [0.717, 1.165) is 15.0 Å². The van der Waals surface area contributed by atoms with Crippen LogP contribution in [0, 0.1) is 11.6 Å². The van der Waals surface area contributed by atoms with Crippen LogP contribution in [0.1, 0.15) is 16.5 Å². The van der Waals surface area contributed by atoms with E-state index in [9.17, 15) is 8.78 Å². The minimum atomic E-state index is -0.587. The van der Waals surface area contributed by atoms with Crippen LogP contribution in [0.2, 0.25) is 0 Å². The first kappa shape index (κ1) is 14.0. The van der Waals surface area contributed by atoms with Crippen molar-refractivity contribution < 1.29 is 13.5 Å². The van der Waals surface area contributed by atoms with Crippen LogP contribution < -0.4 is 10.5 Å². The van der Waals surface area contributed by atoms with Crippen LogP contribution in [0.4, 0.5) is 8.78 Å². The van der Waals surface area contributed by atoms with E-state index in [1.165, 1.54) is 36.6 Å². The van der Waals surface area contributed by atoms with E-state index in [1.807, 2.05) is 0 Å². The summed E-state index contributed by atoms with van der Waals surface area (Å²) in [7, 11) is 1.48. The number of hydrogen-bond donors (Lipinski definition) is 1. The summed E-state index contributed by atoms with van der Waals surface area (Å²) in [6.07, 6.45) is 0. The van der Waals surface area contributed by atoms with Gasteiger partial charge < -0.3 is 10.5 Å². The molecule has 2 N–H and O–H groups in total. The molecular formula is C16H13F2NOS. The van der Waals surface area contributed by atoms with Crippen molar-refractivity contribution >= 4 is 21.4 Å². The van der Waals surface area contributed by atoms with Gasteiger partial charge in [-0.05, 0) is 35.7 Å². The van der Waals surface area contributed by atoms with Crippen molar-refractivity contribution in [3.63, 3.8) is 0 Å². The molecule has 0 saturated carbocycles. The standard InChI is InChI=1S/C16H13F2NOS/c1-20-11-3-4-12(13(18)8-11)16(19)15-7-9-6-10(17)2-5-14(9)21-15/h2-8,16H,19H2,1H3. The molecule has 3 aromatic rings. The molecule has 108 valence electrons. The SMILES string of the molecule is COc1ccc(C(N)c2cc3cc(F)ccc3s2)c(F)c1. The average Bonchev–Trinajstić information content (AvgIpc) is 2.89. The maximum Gasteiger partial charge on any atom is 0.132 e. The first-order valence-electron chi connectivity index (χ1n) is 6.36. The van der Waals surface area contributed by atoms with Crippen molar-refractivity contribution in [3.8, 4) is 5.75 Å². The smallest absolute Gasteiger partial charge is 0.132 e. The fourth-order valence-corrected chi connectivity index (χ4v) is 3.29. The minimum absolute atomic E-state index is 0.295. The number of nitrogens with two attached hydrogens (primary N) is 1. The van der Waals surface area contributed by atoms with Gasteiger partial charge in [0.05, 0.1) is 13.2 Å². The Balaban J connectivity index is 2.01. The second kappa shape index (κ2) is 5.42. The molecule has 2 aromatic carbocycles. The van der Waals surface area contributed by atoms with E-state index < -0.39 is 11.9 Å². The highest BCUT2D eigenvalue weighted by atomic mass is 32.1. The lowest BCUT2D eigenvalue weighted by Crippen LogP contribution is -2.12. The molecule has 1 unspecified atom stereocenters. The highest BCUT2D eigenvalue weighted by molar-refractivity contribution is 7.19. The maximum atomic E-state index is 14.1. The Morgan fingerprint density at radius 2 is 1.90 bits per heavy atom. The van der Waals surface area contributed by atoms with Gasteiger partial charge >= 0.3 is 0 Å². The lowest BCUT2D eigenvalue weighted by atomic mass is 10.0. The molecule has 2 nitrogen and oxygen atoms in total. The zero-order valence-electron chi connectivity index (χ0n) is 11.3. The third-order valence-corrected chi connectivity index (χ3v) is 4.55. The van der Waals surface area contributed by atoms with Gasteiger partial charge in [-0.1, -0.05) is 6.07 Å². The highest BCUT2D eigenvalue weighted by Gasteiger charge is 2.17. The molecule has 0 aliphatic heterocycles. The molecule has 0 fully saturated rings. The van der Waals surface area contributed by atoms with Gasteiger partial charge in [0, 0.05) is 21.2 Å².